The summed E-state index contributed by atoms with van der Waals surface area (Å²) < 4.78 is 5.37. The smallest absolute Gasteiger partial charge is 0.260 e. The predicted molar refractivity (Wildman–Crippen MR) is 91.2 cm³/mol. The number of furan rings is 1. The second kappa shape index (κ2) is 5.87. The molecule has 0 unspecified atom stereocenters. The van der Waals surface area contributed by atoms with Gasteiger partial charge < -0.3 is 4.42 Å². The minimum absolute atomic E-state index is 0.00515. The van der Waals surface area contributed by atoms with E-state index in [4.69, 9.17) is 16.0 Å². The third-order valence-electron chi connectivity index (χ3n) is 4.39. The first-order valence-electron chi connectivity index (χ1n) is 7.82. The fourth-order valence-electron chi connectivity index (χ4n) is 3.25. The van der Waals surface area contributed by atoms with E-state index >= 15 is 0 Å². The van der Waals surface area contributed by atoms with Crippen LogP contribution < -0.4 is 4.90 Å². The molecule has 118 valence electrons. The Morgan fingerprint density at radius 2 is 2.04 bits per heavy atom. The molecule has 0 atom stereocenters. The van der Waals surface area contributed by atoms with Crippen LogP contribution in [0.15, 0.2) is 41.0 Å². The second-order valence-corrected chi connectivity index (χ2v) is 6.37. The lowest BCUT2D eigenvalue weighted by Crippen LogP contribution is -2.38. The Kier molecular flexibility index (Phi) is 3.71. The first-order chi connectivity index (χ1) is 11.2. The Morgan fingerprint density at radius 1 is 1.22 bits per heavy atom. The van der Waals surface area contributed by atoms with Gasteiger partial charge in [0.05, 0.1) is 24.2 Å². The van der Waals surface area contributed by atoms with Crippen molar-refractivity contribution >= 4 is 34.8 Å². The molecule has 1 amide bonds. The van der Waals surface area contributed by atoms with Crippen LogP contribution in [0.1, 0.15) is 24.2 Å². The normalized spacial score (nSPS) is 19.8. The molecular formula is C18H17ClN2O2. The molecule has 3 heterocycles. The summed E-state index contributed by atoms with van der Waals surface area (Å²) in [5.41, 5.74) is 2.45. The summed E-state index contributed by atoms with van der Waals surface area (Å²) >= 11 is 6.15. The minimum atomic E-state index is 0.00515. The first-order valence-corrected chi connectivity index (χ1v) is 8.19. The Balaban J connectivity index is 1.74. The molecule has 4 nitrogen and oxygen atoms in total. The van der Waals surface area contributed by atoms with E-state index in [1.165, 1.54) is 12.8 Å². The lowest BCUT2D eigenvalue weighted by atomic mass is 10.1. The molecule has 0 N–H and O–H groups in total. The van der Waals surface area contributed by atoms with Gasteiger partial charge in [0.25, 0.3) is 5.91 Å². The second-order valence-electron chi connectivity index (χ2n) is 5.93. The van der Waals surface area contributed by atoms with E-state index in [0.29, 0.717) is 23.0 Å². The van der Waals surface area contributed by atoms with Crippen LogP contribution in [0.2, 0.25) is 5.02 Å². The number of likely N-dealkylation sites (tertiary alicyclic amines) is 1. The van der Waals surface area contributed by atoms with Gasteiger partial charge in [0.2, 0.25) is 0 Å². The highest BCUT2D eigenvalue weighted by Crippen LogP contribution is 2.39. The van der Waals surface area contributed by atoms with Gasteiger partial charge in [0.1, 0.15) is 5.76 Å². The van der Waals surface area contributed by atoms with Crippen molar-refractivity contribution in [3.8, 4) is 0 Å². The van der Waals surface area contributed by atoms with Crippen molar-refractivity contribution in [2.45, 2.75) is 12.8 Å². The summed E-state index contributed by atoms with van der Waals surface area (Å²) in [4.78, 5) is 17.1. The summed E-state index contributed by atoms with van der Waals surface area (Å²) in [6, 6.07) is 9.26. The van der Waals surface area contributed by atoms with Gasteiger partial charge in [-0.25, -0.2) is 0 Å². The van der Waals surface area contributed by atoms with Crippen molar-refractivity contribution in [1.82, 2.24) is 4.90 Å². The van der Waals surface area contributed by atoms with Crippen molar-refractivity contribution in [1.29, 1.82) is 0 Å². The molecule has 2 aromatic rings. The molecule has 0 saturated carbocycles. The number of hydrogen-bond donors (Lipinski definition) is 0. The maximum absolute atomic E-state index is 12.9. The van der Waals surface area contributed by atoms with Gasteiger partial charge in [0.15, 0.2) is 0 Å². The Hall–Kier alpha value is -2.04. The fourth-order valence-corrected chi connectivity index (χ4v) is 3.41. The van der Waals surface area contributed by atoms with Crippen LogP contribution in [0, 0.1) is 0 Å². The fraction of sp³-hybridized carbons (Fsp3) is 0.278. The zero-order valence-electron chi connectivity index (χ0n) is 12.7. The van der Waals surface area contributed by atoms with Crippen LogP contribution in [0.25, 0.3) is 11.6 Å². The lowest BCUT2D eigenvalue weighted by molar-refractivity contribution is -0.113. The maximum atomic E-state index is 12.9. The summed E-state index contributed by atoms with van der Waals surface area (Å²) in [6.45, 7) is 2.69. The number of carbonyl (C=O) groups is 1. The van der Waals surface area contributed by atoms with E-state index in [1.54, 1.807) is 12.3 Å². The number of nitrogens with zero attached hydrogens (tertiary/aromatic N) is 2. The van der Waals surface area contributed by atoms with E-state index < -0.39 is 0 Å². The van der Waals surface area contributed by atoms with Crippen molar-refractivity contribution in [3.63, 3.8) is 0 Å². The van der Waals surface area contributed by atoms with Crippen LogP contribution in [0.4, 0.5) is 5.69 Å². The monoisotopic (exact) mass is 328 g/mol. The molecule has 4 rings (SSSR count). The van der Waals surface area contributed by atoms with Gasteiger partial charge in [-0.2, -0.15) is 0 Å². The molecule has 0 aliphatic carbocycles. The average molecular weight is 329 g/mol. The van der Waals surface area contributed by atoms with Crippen LogP contribution in [-0.2, 0) is 4.79 Å². The number of rotatable bonds is 3. The molecule has 1 fully saturated rings. The van der Waals surface area contributed by atoms with Crippen LogP contribution in [-0.4, -0.2) is 30.6 Å². The molecule has 0 bridgehead atoms. The lowest BCUT2D eigenvalue weighted by Gasteiger charge is -2.24. The summed E-state index contributed by atoms with van der Waals surface area (Å²) in [5.74, 6) is 0.683. The molecule has 1 aromatic heterocycles. The highest BCUT2D eigenvalue weighted by molar-refractivity contribution is 6.37. The quantitative estimate of drug-likeness (QED) is 0.802. The minimum Gasteiger partial charge on any atom is -0.465 e. The molecule has 2 aliphatic rings. The van der Waals surface area contributed by atoms with E-state index in [2.05, 4.69) is 4.90 Å². The molecular weight excluding hydrogens is 312 g/mol. The SMILES string of the molecule is O=C1/C(=C\c2ccco2)c2ccc(Cl)cc2N1CN1CCCC1. The van der Waals surface area contributed by atoms with Gasteiger partial charge in [-0.05, 0) is 56.3 Å². The van der Waals surface area contributed by atoms with Crippen molar-refractivity contribution in [2.75, 3.05) is 24.7 Å². The van der Waals surface area contributed by atoms with E-state index in [9.17, 15) is 4.79 Å². The van der Waals surface area contributed by atoms with Gasteiger partial charge >= 0.3 is 0 Å². The van der Waals surface area contributed by atoms with Crippen LogP contribution >= 0.6 is 11.6 Å². The summed E-state index contributed by atoms with van der Waals surface area (Å²) in [5, 5.41) is 0.641. The number of fused-ring (bicyclic) bond motifs is 1. The maximum Gasteiger partial charge on any atom is 0.260 e. The number of benzene rings is 1. The molecule has 23 heavy (non-hydrogen) atoms. The van der Waals surface area contributed by atoms with Crippen LogP contribution in [0.3, 0.4) is 0 Å². The van der Waals surface area contributed by atoms with Gasteiger partial charge in [-0.15, -0.1) is 0 Å². The van der Waals surface area contributed by atoms with E-state index in [1.807, 2.05) is 35.2 Å². The summed E-state index contributed by atoms with van der Waals surface area (Å²) in [6.07, 6.45) is 5.80. The molecule has 1 aromatic carbocycles. The Morgan fingerprint density at radius 3 is 2.78 bits per heavy atom. The molecule has 0 spiro atoms. The predicted octanol–water partition coefficient (Wildman–Crippen LogP) is 3.87. The average Bonchev–Trinajstić information content (AvgIpc) is 3.27. The van der Waals surface area contributed by atoms with Crippen LogP contribution in [0.5, 0.6) is 0 Å². The van der Waals surface area contributed by atoms with Crippen molar-refractivity contribution in [3.05, 3.63) is 52.9 Å². The first kappa shape index (κ1) is 14.5. The molecule has 5 heteroatoms. The van der Waals surface area contributed by atoms with Crippen molar-refractivity contribution in [2.24, 2.45) is 0 Å². The van der Waals surface area contributed by atoms with E-state index in [0.717, 1.165) is 24.3 Å². The van der Waals surface area contributed by atoms with E-state index in [-0.39, 0.29) is 5.91 Å². The largest absolute Gasteiger partial charge is 0.465 e. The highest BCUT2D eigenvalue weighted by Gasteiger charge is 2.34. The molecule has 1 saturated heterocycles. The Labute approximate surface area is 139 Å². The molecule has 2 aliphatic heterocycles. The third-order valence-corrected chi connectivity index (χ3v) is 4.62. The van der Waals surface area contributed by atoms with Gasteiger partial charge in [-0.1, -0.05) is 17.7 Å². The third kappa shape index (κ3) is 2.69. The number of hydrogen-bond acceptors (Lipinski definition) is 3. The van der Waals surface area contributed by atoms with Gasteiger partial charge in [-0.3, -0.25) is 14.6 Å². The van der Waals surface area contributed by atoms with Crippen molar-refractivity contribution < 1.29 is 9.21 Å². The zero-order chi connectivity index (χ0) is 15.8. The number of halogens is 1. The Bertz CT molecular complexity index is 761. The summed E-state index contributed by atoms with van der Waals surface area (Å²) in [7, 11) is 0. The number of amides is 1. The standard InChI is InChI=1S/C18H17ClN2O2/c19-13-5-6-15-16(11-14-4-3-9-23-14)18(22)21(17(15)10-13)12-20-7-1-2-8-20/h3-6,9-11H,1-2,7-8,12H2/b16-11-. The molecule has 0 radical (unpaired) electrons. The zero-order valence-corrected chi connectivity index (χ0v) is 13.4. The highest BCUT2D eigenvalue weighted by atomic mass is 35.5. The number of carbonyl (C=O) groups excluding carboxylic acids is 1. The van der Waals surface area contributed by atoms with Gasteiger partial charge in [0, 0.05) is 10.6 Å². The topological polar surface area (TPSA) is 36.7 Å². The number of anilines is 1.